The monoisotopic (exact) mass is 688 g/mol. The number of aromatic nitrogens is 4. The number of fused-ring (bicyclic) bond motifs is 8. The first kappa shape index (κ1) is 28.5. The van der Waals surface area contributed by atoms with E-state index in [4.69, 9.17) is 24.4 Å². The van der Waals surface area contributed by atoms with E-state index in [0.717, 1.165) is 64.8 Å². The second-order valence-corrected chi connectivity index (χ2v) is 14.7. The highest BCUT2D eigenvalue weighted by atomic mass is 32.1. The van der Waals surface area contributed by atoms with Crippen LogP contribution in [0.1, 0.15) is 0 Å². The molecule has 0 fully saturated rings. The SMILES string of the molecule is c1ccc(-c2nc(-c3cccc4oc5ccccc5c34)nc(-c3c4nc(-c5ccc6ccccc6c5)sc4cc4sc5ccccc5c34)n2)cc1. The van der Waals surface area contributed by atoms with E-state index < -0.39 is 0 Å². The maximum atomic E-state index is 6.29. The van der Waals surface area contributed by atoms with Crippen LogP contribution in [0, 0.1) is 0 Å². The summed E-state index contributed by atoms with van der Waals surface area (Å²) in [5, 5.41) is 7.66. The molecule has 0 amide bonds. The molecule has 4 heterocycles. The summed E-state index contributed by atoms with van der Waals surface area (Å²) in [6.45, 7) is 0. The molecule has 0 unspecified atom stereocenters. The Bertz CT molecular complexity index is 3160. The third-order valence-corrected chi connectivity index (χ3v) is 11.7. The van der Waals surface area contributed by atoms with Gasteiger partial charge in [0.1, 0.15) is 16.2 Å². The zero-order chi connectivity index (χ0) is 33.5. The molecule has 0 atom stereocenters. The van der Waals surface area contributed by atoms with Gasteiger partial charge in [-0.3, -0.25) is 0 Å². The van der Waals surface area contributed by atoms with Crippen LogP contribution < -0.4 is 0 Å². The Balaban J connectivity index is 1.24. The highest BCUT2D eigenvalue weighted by Crippen LogP contribution is 2.46. The Morgan fingerprint density at radius 2 is 1.18 bits per heavy atom. The van der Waals surface area contributed by atoms with Crippen LogP contribution in [0.3, 0.4) is 0 Å². The summed E-state index contributed by atoms with van der Waals surface area (Å²) >= 11 is 3.50. The zero-order valence-electron chi connectivity index (χ0n) is 26.9. The first-order valence-corrected chi connectivity index (χ1v) is 18.3. The fraction of sp³-hybridized carbons (Fsp3) is 0. The van der Waals surface area contributed by atoms with Crippen LogP contribution in [0.2, 0.25) is 0 Å². The molecule has 11 aromatic rings. The molecule has 0 aliphatic heterocycles. The molecule has 238 valence electrons. The fourth-order valence-electron chi connectivity index (χ4n) is 7.22. The van der Waals surface area contributed by atoms with Gasteiger partial charge in [0.15, 0.2) is 17.5 Å². The van der Waals surface area contributed by atoms with Crippen molar-refractivity contribution in [3.05, 3.63) is 146 Å². The van der Waals surface area contributed by atoms with Gasteiger partial charge in [0.05, 0.1) is 15.8 Å². The molecule has 0 saturated carbocycles. The van der Waals surface area contributed by atoms with Crippen molar-refractivity contribution in [3.8, 4) is 44.7 Å². The summed E-state index contributed by atoms with van der Waals surface area (Å²) in [6.07, 6.45) is 0. The maximum absolute atomic E-state index is 6.29. The van der Waals surface area contributed by atoms with E-state index in [9.17, 15) is 0 Å². The Hall–Kier alpha value is -6.28. The molecule has 0 spiro atoms. The van der Waals surface area contributed by atoms with Gasteiger partial charge in [0.25, 0.3) is 0 Å². The topological polar surface area (TPSA) is 64.7 Å². The molecule has 5 nitrogen and oxygen atoms in total. The minimum absolute atomic E-state index is 0.589. The maximum Gasteiger partial charge on any atom is 0.167 e. The molecule has 0 radical (unpaired) electrons. The molecule has 11 rings (SSSR count). The number of hydrogen-bond donors (Lipinski definition) is 0. The summed E-state index contributed by atoms with van der Waals surface area (Å²) in [4.78, 5) is 21.2. The predicted molar refractivity (Wildman–Crippen MR) is 212 cm³/mol. The van der Waals surface area contributed by atoms with Crippen LogP contribution in [0.4, 0.5) is 0 Å². The van der Waals surface area contributed by atoms with E-state index in [1.165, 1.54) is 25.6 Å². The fourth-order valence-corrected chi connectivity index (χ4v) is 9.46. The molecule has 0 aliphatic carbocycles. The number of para-hydroxylation sites is 1. The summed E-state index contributed by atoms with van der Waals surface area (Å²) in [5.74, 6) is 1.79. The second kappa shape index (κ2) is 11.1. The van der Waals surface area contributed by atoms with Gasteiger partial charge in [-0.2, -0.15) is 0 Å². The van der Waals surface area contributed by atoms with Crippen LogP contribution in [0.5, 0.6) is 0 Å². The van der Waals surface area contributed by atoms with Gasteiger partial charge in [-0.25, -0.2) is 19.9 Å². The van der Waals surface area contributed by atoms with E-state index in [1.54, 1.807) is 22.7 Å². The summed E-state index contributed by atoms with van der Waals surface area (Å²) in [7, 11) is 0. The van der Waals surface area contributed by atoms with Crippen molar-refractivity contribution in [1.29, 1.82) is 0 Å². The van der Waals surface area contributed by atoms with Crippen molar-refractivity contribution in [2.45, 2.75) is 0 Å². The molecule has 51 heavy (non-hydrogen) atoms. The van der Waals surface area contributed by atoms with E-state index in [-0.39, 0.29) is 0 Å². The number of thiazole rings is 1. The quantitative estimate of drug-likeness (QED) is 0.184. The predicted octanol–water partition coefficient (Wildman–Crippen LogP) is 12.6. The van der Waals surface area contributed by atoms with Gasteiger partial charge in [0.2, 0.25) is 0 Å². The lowest BCUT2D eigenvalue weighted by Gasteiger charge is -2.11. The highest BCUT2D eigenvalue weighted by Gasteiger charge is 2.24. The molecule has 0 aliphatic rings. The Labute approximate surface area is 299 Å². The van der Waals surface area contributed by atoms with Crippen LogP contribution in [-0.4, -0.2) is 19.9 Å². The lowest BCUT2D eigenvalue weighted by molar-refractivity contribution is 0.669. The van der Waals surface area contributed by atoms with Crippen LogP contribution in [-0.2, 0) is 0 Å². The van der Waals surface area contributed by atoms with Crippen molar-refractivity contribution >= 4 is 85.8 Å². The lowest BCUT2D eigenvalue weighted by Crippen LogP contribution is -2.01. The van der Waals surface area contributed by atoms with E-state index >= 15 is 0 Å². The summed E-state index contributed by atoms with van der Waals surface area (Å²) < 4.78 is 9.78. The molecule has 7 aromatic carbocycles. The van der Waals surface area contributed by atoms with Crippen molar-refractivity contribution in [2.75, 3.05) is 0 Å². The van der Waals surface area contributed by atoms with Gasteiger partial charge in [0, 0.05) is 47.6 Å². The number of hydrogen-bond acceptors (Lipinski definition) is 7. The summed E-state index contributed by atoms with van der Waals surface area (Å²) in [5.41, 5.74) is 6.35. The number of nitrogens with zero attached hydrogens (tertiary/aromatic N) is 4. The average molecular weight is 689 g/mol. The zero-order valence-corrected chi connectivity index (χ0v) is 28.5. The van der Waals surface area contributed by atoms with Crippen molar-refractivity contribution in [1.82, 2.24) is 19.9 Å². The first-order valence-electron chi connectivity index (χ1n) is 16.7. The van der Waals surface area contributed by atoms with Crippen molar-refractivity contribution in [2.24, 2.45) is 0 Å². The number of thiophene rings is 1. The van der Waals surface area contributed by atoms with E-state index in [0.29, 0.717) is 17.5 Å². The minimum atomic E-state index is 0.589. The third kappa shape index (κ3) is 4.52. The molecule has 0 bridgehead atoms. The molecular formula is C44H24N4OS2. The largest absolute Gasteiger partial charge is 0.456 e. The van der Waals surface area contributed by atoms with Gasteiger partial charge >= 0.3 is 0 Å². The highest BCUT2D eigenvalue weighted by molar-refractivity contribution is 7.27. The number of furan rings is 1. The van der Waals surface area contributed by atoms with Crippen molar-refractivity contribution in [3.63, 3.8) is 0 Å². The van der Waals surface area contributed by atoms with Gasteiger partial charge < -0.3 is 4.42 Å². The second-order valence-electron chi connectivity index (χ2n) is 12.6. The number of rotatable bonds is 4. The average Bonchev–Trinajstić information content (AvgIpc) is 3.90. The van der Waals surface area contributed by atoms with E-state index in [2.05, 4.69) is 84.9 Å². The third-order valence-electron chi connectivity index (χ3n) is 9.56. The first-order chi connectivity index (χ1) is 25.2. The molecule has 4 aromatic heterocycles. The normalized spacial score (nSPS) is 11.9. The van der Waals surface area contributed by atoms with Gasteiger partial charge in [-0.1, -0.05) is 115 Å². The smallest absolute Gasteiger partial charge is 0.167 e. The Morgan fingerprint density at radius 3 is 2.10 bits per heavy atom. The minimum Gasteiger partial charge on any atom is -0.456 e. The van der Waals surface area contributed by atoms with Crippen molar-refractivity contribution < 1.29 is 4.42 Å². The van der Waals surface area contributed by atoms with Crippen LogP contribution in [0.15, 0.2) is 150 Å². The Morgan fingerprint density at radius 1 is 0.431 bits per heavy atom. The van der Waals surface area contributed by atoms with Gasteiger partial charge in [-0.15, -0.1) is 22.7 Å². The van der Waals surface area contributed by atoms with Gasteiger partial charge in [-0.05, 0) is 41.1 Å². The standard InChI is InChI=1S/C44H24N4OS2/c1-2-12-26(13-3-1)41-46-42(31-17-10-19-33-37(31)29-15-6-8-18-32(29)49-33)48-43(47-41)39-38-30-16-7-9-20-34(30)50-35(38)24-36-40(39)45-44(51-36)28-22-21-25-11-4-5-14-27(25)23-28/h1-24H. The van der Waals surface area contributed by atoms with Crippen LogP contribution >= 0.6 is 22.7 Å². The van der Waals surface area contributed by atoms with E-state index in [1.807, 2.05) is 60.7 Å². The molecule has 0 N–H and O–H groups in total. The Kier molecular flexibility index (Phi) is 6.22. The molecule has 0 saturated heterocycles. The summed E-state index contributed by atoms with van der Waals surface area (Å²) in [6, 6.07) is 50.3. The molecular weight excluding hydrogens is 665 g/mol. The number of benzene rings is 7. The molecule has 7 heteroatoms. The lowest BCUT2D eigenvalue weighted by atomic mass is 10.0. The van der Waals surface area contributed by atoms with Crippen LogP contribution in [0.25, 0.3) is 108 Å².